The highest BCUT2D eigenvalue weighted by atomic mass is 15.2. The van der Waals surface area contributed by atoms with E-state index < -0.39 is 0 Å². The first kappa shape index (κ1) is 48.5. The van der Waals surface area contributed by atoms with Gasteiger partial charge in [-0.25, -0.2) is 0 Å². The molecule has 0 unspecified atom stereocenters. The summed E-state index contributed by atoms with van der Waals surface area (Å²) in [6.07, 6.45) is 0. The van der Waals surface area contributed by atoms with Crippen molar-refractivity contribution in [3.63, 3.8) is 0 Å². The molecule has 5 heteroatoms. The first-order valence-corrected chi connectivity index (χ1v) is 30.5. The van der Waals surface area contributed by atoms with Gasteiger partial charge in [0.05, 0.1) is 22.1 Å². The lowest BCUT2D eigenvalue weighted by Crippen LogP contribution is -2.61. The van der Waals surface area contributed by atoms with E-state index in [-0.39, 0.29) is 12.1 Å². The molecule has 4 nitrogen and oxygen atoms in total. The van der Waals surface area contributed by atoms with Gasteiger partial charge in [-0.15, -0.1) is 0 Å². The minimum atomic E-state index is -0.231. The van der Waals surface area contributed by atoms with Gasteiger partial charge < -0.3 is 18.9 Å². The van der Waals surface area contributed by atoms with Gasteiger partial charge in [0.2, 0.25) is 0 Å². The number of hydrogen-bond acceptors (Lipinski definition) is 2. The summed E-state index contributed by atoms with van der Waals surface area (Å²) >= 11 is 0. The maximum absolute atomic E-state index is 2.64. The van der Waals surface area contributed by atoms with Crippen molar-refractivity contribution >= 4 is 165 Å². The van der Waals surface area contributed by atoms with Gasteiger partial charge in [0, 0.05) is 67.0 Å². The molecule has 87 heavy (non-hydrogen) atoms. The number of nitrogens with zero attached hydrogens (tertiary/aromatic N) is 4. The quantitative estimate of drug-likeness (QED) is 0.129. The van der Waals surface area contributed by atoms with E-state index in [4.69, 9.17) is 0 Å². The third-order valence-corrected chi connectivity index (χ3v) is 19.6. The summed E-state index contributed by atoms with van der Waals surface area (Å²) in [4.78, 5) is 5.27. The number of benzene rings is 15. The number of hydrogen-bond donors (Lipinski definition) is 0. The second kappa shape index (κ2) is 17.8. The van der Waals surface area contributed by atoms with E-state index in [0.717, 1.165) is 22.7 Å². The molecule has 0 saturated carbocycles. The van der Waals surface area contributed by atoms with Crippen LogP contribution in [0.4, 0.5) is 34.1 Å². The normalized spacial score (nSPS) is 13.2. The molecule has 2 aromatic heterocycles. The molecule has 17 aromatic rings. The average molecular weight is 1110 g/mol. The minimum absolute atomic E-state index is 0.128. The fourth-order valence-electron chi connectivity index (χ4n) is 15.7. The van der Waals surface area contributed by atoms with Crippen LogP contribution in [0.1, 0.15) is 26.3 Å². The van der Waals surface area contributed by atoms with Crippen LogP contribution >= 0.6 is 0 Å². The highest BCUT2D eigenvalue weighted by molar-refractivity contribution is 7.00. The van der Waals surface area contributed by atoms with Gasteiger partial charge in [0.25, 0.3) is 6.71 Å². The molecule has 4 heterocycles. The van der Waals surface area contributed by atoms with Crippen molar-refractivity contribution < 1.29 is 0 Å². The largest absolute Gasteiger partial charge is 0.311 e. The Balaban J connectivity index is 0.945. The zero-order chi connectivity index (χ0) is 57.4. The molecule has 2 aliphatic rings. The second-order valence-corrected chi connectivity index (χ2v) is 25.1. The highest BCUT2D eigenvalue weighted by Crippen LogP contribution is 2.50. The molecule has 0 atom stereocenters. The molecular weight excluding hydrogens is 1050 g/mol. The molecule has 0 bridgehead atoms. The van der Waals surface area contributed by atoms with Crippen molar-refractivity contribution in [3.05, 3.63) is 285 Å². The lowest BCUT2D eigenvalue weighted by atomic mass is 9.33. The lowest BCUT2D eigenvalue weighted by Gasteiger charge is -2.45. The monoisotopic (exact) mass is 1110 g/mol. The van der Waals surface area contributed by atoms with Crippen LogP contribution in [0.15, 0.2) is 279 Å². The lowest BCUT2D eigenvalue weighted by molar-refractivity contribution is 0.590. The molecule has 2 aliphatic heterocycles. The van der Waals surface area contributed by atoms with Crippen LogP contribution < -0.4 is 26.2 Å². The molecule has 406 valence electrons. The van der Waals surface area contributed by atoms with Gasteiger partial charge in [-0.2, -0.15) is 0 Å². The summed E-state index contributed by atoms with van der Waals surface area (Å²) in [7, 11) is 0. The summed E-state index contributed by atoms with van der Waals surface area (Å²) in [5.41, 5.74) is 18.8. The van der Waals surface area contributed by atoms with Crippen LogP contribution in [0.3, 0.4) is 0 Å². The van der Waals surface area contributed by atoms with E-state index in [1.165, 1.54) is 153 Å². The standard InChI is InChI=1S/C82H55BN4/c1-82(2,3)50-44-79-81-80(45-50)87(52-37-41-64-60-25-7-5-21-56(60)58-23-9-11-27-62(58)70(64)47-52)78-49-54(85-75-34-18-14-30-67(75)68-31-15-19-35-76(68)85)39-43-72(78)83(81)71-42-38-53(84-73-32-16-12-28-65(73)66-29-13-17-33-74(66)84)48-77(71)86(79)51-36-40-63-59-24-6-4-20-55(59)57-22-8-10-26-61(57)69(63)46-51/h4-49H,1-3H3. The Morgan fingerprint density at radius 3 is 0.839 bits per heavy atom. The number of anilines is 6. The molecule has 0 fully saturated rings. The van der Waals surface area contributed by atoms with Crippen molar-refractivity contribution in [1.29, 1.82) is 0 Å². The highest BCUT2D eigenvalue weighted by Gasteiger charge is 2.45. The fraction of sp³-hybridized carbons (Fsp3) is 0.0488. The molecule has 0 radical (unpaired) electrons. The van der Waals surface area contributed by atoms with Crippen LogP contribution in [0.2, 0.25) is 0 Å². The van der Waals surface area contributed by atoms with Crippen molar-refractivity contribution in [2.45, 2.75) is 26.2 Å². The Bertz CT molecular complexity index is 5330. The Kier molecular flexibility index (Phi) is 9.94. The van der Waals surface area contributed by atoms with Gasteiger partial charge in [0.1, 0.15) is 0 Å². The summed E-state index contributed by atoms with van der Waals surface area (Å²) in [6, 6.07) is 106. The van der Waals surface area contributed by atoms with Crippen molar-refractivity contribution in [3.8, 4) is 11.4 Å². The predicted octanol–water partition coefficient (Wildman–Crippen LogP) is 20.2. The smallest absolute Gasteiger partial charge is 0.252 e. The van der Waals surface area contributed by atoms with Crippen molar-refractivity contribution in [2.24, 2.45) is 0 Å². The summed E-state index contributed by atoms with van der Waals surface area (Å²) in [5.74, 6) is 0. The van der Waals surface area contributed by atoms with Gasteiger partial charge in [0.15, 0.2) is 0 Å². The molecule has 0 N–H and O–H groups in total. The SMILES string of the molecule is CC(C)(C)c1cc2c3c(c1)N(c1ccc4c5ccccc5c5ccccc5c4c1)c1cc(-n4c5ccccc5c5ccccc54)ccc1B3c1ccc(-n3c4ccccc4c4ccccc43)cc1N2c1ccc2c3ccccc3c3ccccc3c2c1. The minimum Gasteiger partial charge on any atom is -0.311 e. The predicted molar refractivity (Wildman–Crippen MR) is 373 cm³/mol. The third-order valence-electron chi connectivity index (χ3n) is 19.6. The molecular formula is C82H55BN4. The van der Waals surface area contributed by atoms with E-state index in [1.807, 2.05) is 0 Å². The Morgan fingerprint density at radius 2 is 0.517 bits per heavy atom. The van der Waals surface area contributed by atoms with Gasteiger partial charge in [-0.3, -0.25) is 0 Å². The summed E-state index contributed by atoms with van der Waals surface area (Å²) in [6.45, 7) is 7.00. The van der Waals surface area contributed by atoms with Crippen LogP contribution in [-0.2, 0) is 5.41 Å². The maximum atomic E-state index is 2.64. The number of rotatable bonds is 4. The van der Waals surface area contributed by atoms with Gasteiger partial charge >= 0.3 is 0 Å². The van der Waals surface area contributed by atoms with Crippen LogP contribution in [0, 0.1) is 0 Å². The topological polar surface area (TPSA) is 16.3 Å². The van der Waals surface area contributed by atoms with Crippen LogP contribution in [0.25, 0.3) is 120 Å². The number of fused-ring (bicyclic) bond motifs is 22. The van der Waals surface area contributed by atoms with E-state index in [0.29, 0.717) is 0 Å². The molecule has 0 amide bonds. The first-order chi connectivity index (χ1) is 42.8. The average Bonchev–Trinajstić information content (AvgIpc) is 1.22. The Morgan fingerprint density at radius 1 is 0.241 bits per heavy atom. The second-order valence-electron chi connectivity index (χ2n) is 25.1. The van der Waals surface area contributed by atoms with E-state index in [1.54, 1.807) is 0 Å². The molecule has 0 saturated heterocycles. The first-order valence-electron chi connectivity index (χ1n) is 30.5. The van der Waals surface area contributed by atoms with Gasteiger partial charge in [-0.1, -0.05) is 215 Å². The molecule has 15 aromatic carbocycles. The molecule has 0 aliphatic carbocycles. The van der Waals surface area contributed by atoms with Crippen LogP contribution in [0.5, 0.6) is 0 Å². The molecule has 19 rings (SSSR count). The fourth-order valence-corrected chi connectivity index (χ4v) is 15.7. The van der Waals surface area contributed by atoms with E-state index in [2.05, 4.69) is 319 Å². The number of para-hydroxylation sites is 4. The Labute approximate surface area is 503 Å². The van der Waals surface area contributed by atoms with Crippen LogP contribution in [-0.4, -0.2) is 15.8 Å². The maximum Gasteiger partial charge on any atom is 0.252 e. The van der Waals surface area contributed by atoms with E-state index in [9.17, 15) is 0 Å². The Hall–Kier alpha value is -10.9. The third kappa shape index (κ3) is 6.80. The van der Waals surface area contributed by atoms with Gasteiger partial charge in [-0.05, 0) is 177 Å². The van der Waals surface area contributed by atoms with E-state index >= 15 is 0 Å². The zero-order valence-electron chi connectivity index (χ0n) is 48.4. The van der Waals surface area contributed by atoms with Crippen molar-refractivity contribution in [2.75, 3.05) is 9.80 Å². The summed E-state index contributed by atoms with van der Waals surface area (Å²) in [5, 5.41) is 20.1. The van der Waals surface area contributed by atoms with Crippen molar-refractivity contribution in [1.82, 2.24) is 9.13 Å². The summed E-state index contributed by atoms with van der Waals surface area (Å²) < 4.78 is 4.97. The molecule has 0 spiro atoms. The number of aromatic nitrogens is 2. The zero-order valence-corrected chi connectivity index (χ0v) is 48.4.